The summed E-state index contributed by atoms with van der Waals surface area (Å²) in [5.74, 6) is 0.0417. The van der Waals surface area contributed by atoms with Gasteiger partial charge < -0.3 is 9.80 Å². The molecule has 6 rings (SSSR count). The van der Waals surface area contributed by atoms with Crippen LogP contribution >= 0.6 is 23.2 Å². The number of benzene rings is 4. The van der Waals surface area contributed by atoms with Crippen LogP contribution in [0.2, 0.25) is 10.0 Å². The number of halogens is 2. The van der Waals surface area contributed by atoms with E-state index >= 15 is 0 Å². The highest BCUT2D eigenvalue weighted by atomic mass is 35.5. The molecule has 2 aliphatic heterocycles. The molecule has 6 nitrogen and oxygen atoms in total. The first-order chi connectivity index (χ1) is 22.9. The number of hydrogen-bond acceptors (Lipinski definition) is 6. The summed E-state index contributed by atoms with van der Waals surface area (Å²) in [6, 6.07) is 34.9. The Labute approximate surface area is 287 Å². The molecule has 2 heterocycles. The average molecular weight is 666 g/mol. The summed E-state index contributed by atoms with van der Waals surface area (Å²) in [5.41, 5.74) is 5.19. The summed E-state index contributed by atoms with van der Waals surface area (Å²) >= 11 is 12.2. The third-order valence-electron chi connectivity index (χ3n) is 8.43. The lowest BCUT2D eigenvalue weighted by molar-refractivity contribution is 0.0954. The van der Waals surface area contributed by atoms with E-state index in [0.717, 1.165) is 57.1 Å². The maximum atomic E-state index is 13.6. The number of rotatable bonds is 12. The van der Waals surface area contributed by atoms with E-state index in [-0.39, 0.29) is 11.6 Å². The second kappa shape index (κ2) is 15.6. The van der Waals surface area contributed by atoms with Gasteiger partial charge in [-0.05, 0) is 66.1 Å². The first-order valence-corrected chi connectivity index (χ1v) is 16.7. The van der Waals surface area contributed by atoms with Gasteiger partial charge in [0.2, 0.25) is 0 Å². The van der Waals surface area contributed by atoms with Gasteiger partial charge in [0, 0.05) is 84.0 Å². The Morgan fingerprint density at radius 1 is 0.532 bits per heavy atom. The molecule has 0 bridgehead atoms. The summed E-state index contributed by atoms with van der Waals surface area (Å²) in [5, 5.41) is 1.22. The first kappa shape index (κ1) is 32.7. The Hall–Kier alpha value is -4.20. The predicted molar refractivity (Wildman–Crippen MR) is 189 cm³/mol. The van der Waals surface area contributed by atoms with Crippen LogP contribution in [0.3, 0.4) is 0 Å². The van der Waals surface area contributed by atoms with Crippen LogP contribution in [0.5, 0.6) is 0 Å². The fourth-order valence-electron chi connectivity index (χ4n) is 6.18. The van der Waals surface area contributed by atoms with Crippen molar-refractivity contribution in [2.45, 2.75) is 19.5 Å². The smallest absolute Gasteiger partial charge is 0.191 e. The fourth-order valence-corrected chi connectivity index (χ4v) is 6.43. The van der Waals surface area contributed by atoms with Gasteiger partial charge in [0.15, 0.2) is 11.6 Å². The molecule has 4 aromatic rings. The van der Waals surface area contributed by atoms with Crippen molar-refractivity contribution in [1.29, 1.82) is 0 Å². The predicted octanol–water partition coefficient (Wildman–Crippen LogP) is 7.77. The number of ketones is 2. The molecule has 0 fully saturated rings. The van der Waals surface area contributed by atoms with Crippen LogP contribution in [0, 0.1) is 0 Å². The second-order valence-electron chi connectivity index (χ2n) is 12.2. The van der Waals surface area contributed by atoms with Crippen molar-refractivity contribution in [3.05, 3.63) is 165 Å². The van der Waals surface area contributed by atoms with Crippen LogP contribution in [0.15, 0.2) is 133 Å². The van der Waals surface area contributed by atoms with Crippen molar-refractivity contribution in [1.82, 2.24) is 19.6 Å². The standard InChI is InChI=1S/C39H38Cl2N4O2/c40-36-16-12-32(13-17-36)38(46)34-24-42(28-44(26-34)22-30-8-3-1-4-9-30)20-7-21-43-25-35(39(47)33-14-18-37(41)19-15-33)27-45(29-43)23-31-10-5-2-6-11-31/h1-6,8-19,26-27H,7,20-25,28-29H2. The van der Waals surface area contributed by atoms with Gasteiger partial charge in [-0.25, -0.2) is 0 Å². The molecule has 0 radical (unpaired) electrons. The molecule has 0 aromatic heterocycles. The van der Waals surface area contributed by atoms with Gasteiger partial charge in [-0.2, -0.15) is 0 Å². The maximum Gasteiger partial charge on any atom is 0.191 e. The van der Waals surface area contributed by atoms with Crippen LogP contribution in [0.25, 0.3) is 0 Å². The monoisotopic (exact) mass is 664 g/mol. The van der Waals surface area contributed by atoms with E-state index in [1.807, 2.05) is 48.8 Å². The molecule has 0 amide bonds. The number of nitrogens with zero attached hydrogens (tertiary/aromatic N) is 4. The summed E-state index contributed by atoms with van der Waals surface area (Å²) in [4.78, 5) is 36.3. The van der Waals surface area contributed by atoms with Gasteiger partial charge >= 0.3 is 0 Å². The zero-order chi connectivity index (χ0) is 32.6. The lowest BCUT2D eigenvalue weighted by atomic mass is 10.0. The molecule has 0 N–H and O–H groups in total. The lowest BCUT2D eigenvalue weighted by Crippen LogP contribution is -2.45. The van der Waals surface area contributed by atoms with E-state index in [4.69, 9.17) is 23.2 Å². The molecule has 0 saturated heterocycles. The molecule has 0 unspecified atom stereocenters. The SMILES string of the molecule is O=C(C1=CN(Cc2ccccc2)CN(CCCN2CC(C(=O)c3ccc(Cl)cc3)=CN(Cc3ccccc3)C2)C1)c1ccc(Cl)cc1. The van der Waals surface area contributed by atoms with Crippen molar-refractivity contribution in [3.8, 4) is 0 Å². The van der Waals surface area contributed by atoms with Crippen molar-refractivity contribution in [3.63, 3.8) is 0 Å². The van der Waals surface area contributed by atoms with E-state index in [1.54, 1.807) is 48.5 Å². The number of Topliss-reactive ketones (excluding diaryl/α,β-unsaturated/α-hetero) is 2. The van der Waals surface area contributed by atoms with Gasteiger partial charge in [-0.3, -0.25) is 19.4 Å². The van der Waals surface area contributed by atoms with Gasteiger partial charge in [0.25, 0.3) is 0 Å². The fraction of sp³-hybridized carbons (Fsp3) is 0.231. The number of hydrogen-bond donors (Lipinski definition) is 0. The summed E-state index contributed by atoms with van der Waals surface area (Å²) in [6.07, 6.45) is 4.93. The normalized spacial score (nSPS) is 15.7. The minimum absolute atomic E-state index is 0.0208. The van der Waals surface area contributed by atoms with E-state index in [2.05, 4.69) is 43.9 Å². The third kappa shape index (κ3) is 8.99. The van der Waals surface area contributed by atoms with Crippen LogP contribution in [-0.2, 0) is 13.1 Å². The minimum Gasteiger partial charge on any atom is -0.360 e. The number of carbonyl (C=O) groups is 2. The molecular formula is C39H38Cl2N4O2. The molecule has 8 heteroatoms. The highest BCUT2D eigenvalue weighted by Crippen LogP contribution is 2.22. The van der Waals surface area contributed by atoms with Crippen LogP contribution in [0.1, 0.15) is 38.3 Å². The topological polar surface area (TPSA) is 47.1 Å². The summed E-state index contributed by atoms with van der Waals surface area (Å²) < 4.78 is 0. The largest absolute Gasteiger partial charge is 0.360 e. The van der Waals surface area contributed by atoms with Gasteiger partial charge in [0.05, 0.1) is 13.3 Å². The highest BCUT2D eigenvalue weighted by Gasteiger charge is 2.26. The molecule has 0 saturated carbocycles. The first-order valence-electron chi connectivity index (χ1n) is 15.9. The molecule has 47 heavy (non-hydrogen) atoms. The Balaban J connectivity index is 1.13. The van der Waals surface area contributed by atoms with Crippen molar-refractivity contribution in [2.24, 2.45) is 0 Å². The molecule has 240 valence electrons. The minimum atomic E-state index is 0.0208. The van der Waals surface area contributed by atoms with E-state index in [0.29, 0.717) is 34.3 Å². The van der Waals surface area contributed by atoms with Crippen molar-refractivity contribution in [2.75, 3.05) is 39.5 Å². The van der Waals surface area contributed by atoms with Crippen molar-refractivity contribution >= 4 is 34.8 Å². The van der Waals surface area contributed by atoms with Crippen LogP contribution < -0.4 is 0 Å². The lowest BCUT2D eigenvalue weighted by Gasteiger charge is -2.37. The summed E-state index contributed by atoms with van der Waals surface area (Å²) in [7, 11) is 0. The Kier molecular flexibility index (Phi) is 10.9. The van der Waals surface area contributed by atoms with E-state index < -0.39 is 0 Å². The average Bonchev–Trinajstić information content (AvgIpc) is 3.09. The maximum absolute atomic E-state index is 13.6. The van der Waals surface area contributed by atoms with Crippen LogP contribution in [-0.4, -0.2) is 70.7 Å². The Bertz CT molecular complexity index is 1600. The Morgan fingerprint density at radius 2 is 0.915 bits per heavy atom. The third-order valence-corrected chi connectivity index (χ3v) is 8.93. The molecule has 0 atom stereocenters. The van der Waals surface area contributed by atoms with Gasteiger partial charge in [-0.15, -0.1) is 0 Å². The van der Waals surface area contributed by atoms with E-state index in [9.17, 15) is 9.59 Å². The zero-order valence-corrected chi connectivity index (χ0v) is 27.8. The molecular weight excluding hydrogens is 627 g/mol. The van der Waals surface area contributed by atoms with Crippen LogP contribution in [0.4, 0.5) is 0 Å². The van der Waals surface area contributed by atoms with E-state index in [1.165, 1.54) is 11.1 Å². The van der Waals surface area contributed by atoms with Gasteiger partial charge in [-0.1, -0.05) is 83.9 Å². The molecule has 0 spiro atoms. The molecule has 4 aromatic carbocycles. The second-order valence-corrected chi connectivity index (χ2v) is 13.1. The highest BCUT2D eigenvalue weighted by molar-refractivity contribution is 6.31. The molecule has 2 aliphatic rings. The zero-order valence-electron chi connectivity index (χ0n) is 26.3. The molecule has 0 aliphatic carbocycles. The summed E-state index contributed by atoms with van der Waals surface area (Å²) in [6.45, 7) is 5.68. The Morgan fingerprint density at radius 3 is 1.30 bits per heavy atom. The quantitative estimate of drug-likeness (QED) is 0.144. The number of carbonyl (C=O) groups excluding carboxylic acids is 2. The van der Waals surface area contributed by atoms with Crippen molar-refractivity contribution < 1.29 is 9.59 Å². The van der Waals surface area contributed by atoms with Gasteiger partial charge in [0.1, 0.15) is 0 Å².